The van der Waals surface area contributed by atoms with Gasteiger partial charge in [0.05, 0.1) is 30.1 Å². The predicted molar refractivity (Wildman–Crippen MR) is 98.9 cm³/mol. The van der Waals surface area contributed by atoms with E-state index in [1.807, 2.05) is 24.3 Å². The lowest BCUT2D eigenvalue weighted by atomic mass is 10.2. The van der Waals surface area contributed by atoms with E-state index in [-0.39, 0.29) is 17.2 Å². The van der Waals surface area contributed by atoms with E-state index in [0.717, 1.165) is 10.2 Å². The Bertz CT molecular complexity index is 961. The topological polar surface area (TPSA) is 69.6 Å². The van der Waals surface area contributed by atoms with Crippen LogP contribution in [0, 0.1) is 0 Å². The van der Waals surface area contributed by atoms with Gasteiger partial charge in [0.25, 0.3) is 0 Å². The molecule has 0 bridgehead atoms. The fraction of sp³-hybridized carbons (Fsp3) is 0.222. The van der Waals surface area contributed by atoms with Crippen LogP contribution in [-0.2, 0) is 11.3 Å². The van der Waals surface area contributed by atoms with Crippen molar-refractivity contribution in [2.24, 2.45) is 0 Å². The van der Waals surface area contributed by atoms with E-state index in [4.69, 9.17) is 9.47 Å². The number of fused-ring (bicyclic) bond motifs is 1. The molecular weight excluding hydrogens is 340 g/mol. The highest BCUT2D eigenvalue weighted by molar-refractivity contribution is 7.16. The lowest BCUT2D eigenvalue weighted by Crippen LogP contribution is -2.19. The van der Waals surface area contributed by atoms with Crippen molar-refractivity contribution >= 4 is 33.1 Å². The van der Waals surface area contributed by atoms with Crippen LogP contribution < -0.4 is 19.7 Å². The number of amides is 1. The minimum Gasteiger partial charge on any atom is -0.497 e. The summed E-state index contributed by atoms with van der Waals surface area (Å²) in [7, 11) is 3.09. The fourth-order valence-electron chi connectivity index (χ4n) is 2.56. The number of carbonyl (C=O) groups excluding carboxylic acids is 1. The Labute approximate surface area is 148 Å². The van der Waals surface area contributed by atoms with Crippen molar-refractivity contribution < 1.29 is 14.3 Å². The summed E-state index contributed by atoms with van der Waals surface area (Å²) in [6.45, 7) is 0.320. The molecule has 0 fully saturated rings. The van der Waals surface area contributed by atoms with Gasteiger partial charge in [0, 0.05) is 19.0 Å². The molecule has 2 aromatic carbocycles. The van der Waals surface area contributed by atoms with Crippen LogP contribution in [0.25, 0.3) is 10.2 Å². The molecule has 25 heavy (non-hydrogen) atoms. The lowest BCUT2D eigenvalue weighted by molar-refractivity contribution is -0.116. The van der Waals surface area contributed by atoms with Gasteiger partial charge in [-0.15, -0.1) is 0 Å². The maximum atomic E-state index is 12.3. The van der Waals surface area contributed by atoms with Crippen molar-refractivity contribution in [3.63, 3.8) is 0 Å². The highest BCUT2D eigenvalue weighted by Crippen LogP contribution is 2.29. The lowest BCUT2D eigenvalue weighted by Gasteiger charge is -2.12. The number of nitrogens with zero attached hydrogens (tertiary/aromatic N) is 1. The molecule has 0 aliphatic carbocycles. The number of para-hydroxylation sites is 1. The molecule has 0 radical (unpaired) electrons. The van der Waals surface area contributed by atoms with E-state index in [1.165, 1.54) is 18.4 Å². The number of methoxy groups -OCH3 is 2. The van der Waals surface area contributed by atoms with Crippen LogP contribution in [-0.4, -0.2) is 24.7 Å². The Hall–Kier alpha value is -2.80. The maximum absolute atomic E-state index is 12.3. The summed E-state index contributed by atoms with van der Waals surface area (Å²) in [5, 5.41) is 2.81. The summed E-state index contributed by atoms with van der Waals surface area (Å²) >= 11 is 1.18. The van der Waals surface area contributed by atoms with Crippen LogP contribution in [0.5, 0.6) is 11.5 Å². The minimum atomic E-state index is -0.200. The molecule has 1 heterocycles. The first-order valence-corrected chi connectivity index (χ1v) is 8.54. The van der Waals surface area contributed by atoms with Crippen molar-refractivity contribution in [3.8, 4) is 11.5 Å². The van der Waals surface area contributed by atoms with Gasteiger partial charge in [0.1, 0.15) is 11.5 Å². The molecule has 3 aromatic rings. The maximum Gasteiger partial charge on any atom is 0.308 e. The molecule has 0 aliphatic rings. The molecular formula is C18H18N2O4S. The zero-order valence-electron chi connectivity index (χ0n) is 13.9. The standard InChI is InChI=1S/C18H18N2O4S/c1-23-12-7-8-15(24-2)13(11-12)19-17(21)9-10-20-14-5-3-4-6-16(14)25-18(20)22/h3-8,11H,9-10H2,1-2H3,(H,19,21). The molecule has 0 atom stereocenters. The van der Waals surface area contributed by atoms with E-state index in [2.05, 4.69) is 5.32 Å². The SMILES string of the molecule is COc1ccc(OC)c(NC(=O)CCn2c(=O)sc3ccccc32)c1. The molecule has 0 unspecified atom stereocenters. The van der Waals surface area contributed by atoms with Gasteiger partial charge in [-0.3, -0.25) is 14.2 Å². The van der Waals surface area contributed by atoms with E-state index in [9.17, 15) is 9.59 Å². The Morgan fingerprint density at radius 3 is 2.72 bits per heavy atom. The number of hydrogen-bond donors (Lipinski definition) is 1. The molecule has 0 saturated carbocycles. The Balaban J connectivity index is 1.73. The Kier molecular flexibility index (Phi) is 5.04. The van der Waals surface area contributed by atoms with Gasteiger partial charge < -0.3 is 14.8 Å². The van der Waals surface area contributed by atoms with E-state index in [0.29, 0.717) is 23.7 Å². The van der Waals surface area contributed by atoms with Gasteiger partial charge in [-0.2, -0.15) is 0 Å². The highest BCUT2D eigenvalue weighted by Gasteiger charge is 2.12. The molecule has 0 saturated heterocycles. The molecule has 0 aliphatic heterocycles. The molecule has 1 N–H and O–H groups in total. The van der Waals surface area contributed by atoms with Crippen molar-refractivity contribution in [1.29, 1.82) is 0 Å². The first-order chi connectivity index (χ1) is 12.1. The van der Waals surface area contributed by atoms with Gasteiger partial charge in [-0.1, -0.05) is 23.5 Å². The van der Waals surface area contributed by atoms with E-state index < -0.39 is 0 Å². The number of ether oxygens (including phenoxy) is 2. The zero-order chi connectivity index (χ0) is 17.8. The third-order valence-corrected chi connectivity index (χ3v) is 4.78. The zero-order valence-corrected chi connectivity index (χ0v) is 14.8. The third kappa shape index (κ3) is 3.66. The smallest absolute Gasteiger partial charge is 0.308 e. The van der Waals surface area contributed by atoms with E-state index >= 15 is 0 Å². The predicted octanol–water partition coefficient (Wildman–Crippen LogP) is 3.11. The third-order valence-electron chi connectivity index (χ3n) is 3.82. The average Bonchev–Trinajstić information content (AvgIpc) is 2.95. The van der Waals surface area contributed by atoms with Crippen molar-refractivity contribution in [2.75, 3.05) is 19.5 Å². The first kappa shape index (κ1) is 17.0. The van der Waals surface area contributed by atoms with Gasteiger partial charge in [-0.25, -0.2) is 0 Å². The van der Waals surface area contributed by atoms with Gasteiger partial charge in [0.2, 0.25) is 5.91 Å². The van der Waals surface area contributed by atoms with Crippen LogP contribution >= 0.6 is 11.3 Å². The fourth-order valence-corrected chi connectivity index (χ4v) is 3.48. The first-order valence-electron chi connectivity index (χ1n) is 7.72. The summed E-state index contributed by atoms with van der Waals surface area (Å²) < 4.78 is 13.0. The summed E-state index contributed by atoms with van der Waals surface area (Å²) in [6, 6.07) is 12.7. The number of thiazole rings is 1. The monoisotopic (exact) mass is 358 g/mol. The summed E-state index contributed by atoms with van der Waals surface area (Å²) in [4.78, 5) is 24.3. The Morgan fingerprint density at radius 1 is 1.16 bits per heavy atom. The largest absolute Gasteiger partial charge is 0.497 e. The second kappa shape index (κ2) is 7.40. The average molecular weight is 358 g/mol. The summed E-state index contributed by atoms with van der Waals surface area (Å²) in [6.07, 6.45) is 0.182. The van der Waals surface area contributed by atoms with Crippen LogP contribution in [0.3, 0.4) is 0 Å². The van der Waals surface area contributed by atoms with Crippen molar-refractivity contribution in [3.05, 3.63) is 52.1 Å². The highest BCUT2D eigenvalue weighted by atomic mass is 32.1. The number of rotatable bonds is 6. The van der Waals surface area contributed by atoms with Crippen molar-refractivity contribution in [2.45, 2.75) is 13.0 Å². The number of anilines is 1. The number of carbonyl (C=O) groups is 1. The number of benzene rings is 2. The number of aromatic nitrogens is 1. The van der Waals surface area contributed by atoms with Crippen LogP contribution in [0.2, 0.25) is 0 Å². The van der Waals surface area contributed by atoms with Gasteiger partial charge in [0.15, 0.2) is 0 Å². The normalized spacial score (nSPS) is 10.6. The molecule has 7 heteroatoms. The van der Waals surface area contributed by atoms with Crippen LogP contribution in [0.15, 0.2) is 47.3 Å². The van der Waals surface area contributed by atoms with Gasteiger partial charge >= 0.3 is 4.87 Å². The quantitative estimate of drug-likeness (QED) is 0.735. The molecule has 0 spiro atoms. The van der Waals surface area contributed by atoms with E-state index in [1.54, 1.807) is 29.9 Å². The number of hydrogen-bond acceptors (Lipinski definition) is 5. The van der Waals surface area contributed by atoms with Crippen LogP contribution in [0.4, 0.5) is 5.69 Å². The van der Waals surface area contributed by atoms with Crippen LogP contribution in [0.1, 0.15) is 6.42 Å². The number of nitrogens with one attached hydrogen (secondary N) is 1. The Morgan fingerprint density at radius 2 is 1.96 bits per heavy atom. The second-order valence-corrected chi connectivity index (χ2v) is 6.34. The number of aryl methyl sites for hydroxylation is 1. The molecule has 1 aromatic heterocycles. The van der Waals surface area contributed by atoms with Crippen molar-refractivity contribution in [1.82, 2.24) is 4.57 Å². The minimum absolute atomic E-state index is 0.0621. The van der Waals surface area contributed by atoms with Gasteiger partial charge in [-0.05, 0) is 24.3 Å². The molecule has 6 nitrogen and oxygen atoms in total. The second-order valence-electron chi connectivity index (χ2n) is 5.35. The summed E-state index contributed by atoms with van der Waals surface area (Å²) in [5.74, 6) is 0.970. The summed E-state index contributed by atoms with van der Waals surface area (Å²) in [5.41, 5.74) is 1.39. The molecule has 130 valence electrons. The molecule has 3 rings (SSSR count). The molecule has 1 amide bonds.